The first-order valence-corrected chi connectivity index (χ1v) is 15.1. The van der Waals surface area contributed by atoms with Gasteiger partial charge in [0, 0.05) is 0 Å². The summed E-state index contributed by atoms with van der Waals surface area (Å²) in [5.41, 5.74) is 0.565. The Hall–Kier alpha value is 2.17. The molecule has 2 aliphatic carbocycles. The molecule has 0 heterocycles. The van der Waals surface area contributed by atoms with Crippen molar-refractivity contribution in [2.75, 3.05) is 0 Å². The highest BCUT2D eigenvalue weighted by Crippen LogP contribution is 2.65. The maximum Gasteiger partial charge on any atom is 0.344 e. The number of fused-ring (bicyclic) bond motifs is 2. The third-order valence-electron chi connectivity index (χ3n) is 3.70. The molecule has 0 radical (unpaired) electrons. The van der Waals surface area contributed by atoms with E-state index in [1.54, 1.807) is 0 Å². The average Bonchev–Trinajstić information content (AvgIpc) is 2.57. The summed E-state index contributed by atoms with van der Waals surface area (Å²) in [6, 6.07) is -5.13. The molecule has 0 amide bonds. The highest BCUT2D eigenvalue weighted by Gasteiger charge is 2.58. The Morgan fingerprint density at radius 1 is 0.600 bits per heavy atom. The van der Waals surface area contributed by atoms with Crippen molar-refractivity contribution in [3.63, 3.8) is 0 Å². The van der Waals surface area contributed by atoms with Crippen molar-refractivity contribution in [3.05, 3.63) is 0 Å². The molecule has 2 rings (SSSR count). The van der Waals surface area contributed by atoms with Crippen LogP contribution >= 0.6 is 66.5 Å². The summed E-state index contributed by atoms with van der Waals surface area (Å²) >= 11 is 36.5. The Bertz CT molecular complexity index is 233. The SMILES string of the molecule is Cl[Si](Cl)(Cl)[C@H]1C[C@H]2C[C@@H]1C[C@@H]2[Si](Cl)(Cl)Cl. The van der Waals surface area contributed by atoms with Crippen molar-refractivity contribution >= 4 is 78.5 Å². The van der Waals surface area contributed by atoms with Gasteiger partial charge in [0.15, 0.2) is 0 Å². The normalized spacial score (nSPS) is 41.2. The molecule has 0 saturated heterocycles. The van der Waals surface area contributed by atoms with Crippen molar-refractivity contribution in [3.8, 4) is 0 Å². The number of halogens is 6. The van der Waals surface area contributed by atoms with Gasteiger partial charge in [0.1, 0.15) is 0 Å². The van der Waals surface area contributed by atoms with Gasteiger partial charge in [-0.3, -0.25) is 0 Å². The monoisotopic (exact) mass is 360 g/mol. The molecular formula is C7H10Cl6Si2. The van der Waals surface area contributed by atoms with Crippen molar-refractivity contribution in [1.82, 2.24) is 0 Å². The summed E-state index contributed by atoms with van der Waals surface area (Å²) < 4.78 is 0. The maximum absolute atomic E-state index is 6.08. The lowest BCUT2D eigenvalue weighted by atomic mass is 9.99. The van der Waals surface area contributed by atoms with Crippen LogP contribution in [0.2, 0.25) is 11.1 Å². The van der Waals surface area contributed by atoms with E-state index in [-0.39, 0.29) is 11.1 Å². The molecule has 0 aromatic rings. The minimum atomic E-state index is -2.56. The number of hydrogen-bond acceptors (Lipinski definition) is 0. The molecule has 88 valence electrons. The molecule has 0 aromatic heterocycles. The Labute approximate surface area is 120 Å². The standard InChI is InChI=1S/C7H10Cl6Si2/c8-14(9,10)6-2-4-1-5(6)3-7(4)15(11,12)13/h4-7H,1-3H2/t4-,5-,6+,7+/m1/s1. The predicted octanol–water partition coefficient (Wildman–Crippen LogP) is 5.47. The molecule has 8 heteroatoms. The molecule has 0 aliphatic heterocycles. The molecule has 0 nitrogen and oxygen atoms in total. The van der Waals surface area contributed by atoms with Crippen LogP contribution in [0.1, 0.15) is 19.3 Å². The first kappa shape index (κ1) is 13.6. The van der Waals surface area contributed by atoms with E-state index in [9.17, 15) is 0 Å². The van der Waals surface area contributed by atoms with Crippen LogP contribution < -0.4 is 0 Å². The van der Waals surface area contributed by atoms with Gasteiger partial charge in [0.25, 0.3) is 0 Å². The van der Waals surface area contributed by atoms with Gasteiger partial charge in [0.05, 0.1) is 0 Å². The van der Waals surface area contributed by atoms with Crippen LogP contribution in [0.25, 0.3) is 0 Å². The summed E-state index contributed by atoms with van der Waals surface area (Å²) in [7, 11) is 0. The van der Waals surface area contributed by atoms with Gasteiger partial charge in [-0.05, 0) is 42.2 Å². The van der Waals surface area contributed by atoms with Crippen LogP contribution in [-0.4, -0.2) is 12.0 Å². The van der Waals surface area contributed by atoms with E-state index in [0.717, 1.165) is 19.3 Å². The van der Waals surface area contributed by atoms with Gasteiger partial charge in [0.2, 0.25) is 0 Å². The van der Waals surface area contributed by atoms with E-state index in [1.165, 1.54) is 0 Å². The van der Waals surface area contributed by atoms with Crippen molar-refractivity contribution in [2.45, 2.75) is 30.3 Å². The molecule has 2 bridgehead atoms. The molecule has 0 aromatic carbocycles. The zero-order valence-electron chi connectivity index (χ0n) is 7.70. The fourth-order valence-corrected chi connectivity index (χ4v) is 10.6. The highest BCUT2D eigenvalue weighted by atomic mass is 35.8. The molecule has 0 N–H and O–H groups in total. The minimum absolute atomic E-state index is 0.282. The summed E-state index contributed by atoms with van der Waals surface area (Å²) in [5.74, 6) is 0.976. The zero-order chi connectivity index (χ0) is 11.4. The largest absolute Gasteiger partial charge is 0.344 e. The third-order valence-corrected chi connectivity index (χ3v) is 11.8. The van der Waals surface area contributed by atoms with Gasteiger partial charge in [-0.1, -0.05) is 0 Å². The Morgan fingerprint density at radius 2 is 0.933 bits per heavy atom. The lowest BCUT2D eigenvalue weighted by Crippen LogP contribution is -2.31. The predicted molar refractivity (Wildman–Crippen MR) is 75.0 cm³/mol. The molecule has 0 spiro atoms. The lowest BCUT2D eigenvalue weighted by molar-refractivity contribution is 0.473. The Balaban J connectivity index is 2.07. The second kappa shape index (κ2) is 4.38. The quantitative estimate of drug-likeness (QED) is 0.451. The Kier molecular flexibility index (Phi) is 3.97. The van der Waals surface area contributed by atoms with Crippen molar-refractivity contribution in [1.29, 1.82) is 0 Å². The second-order valence-electron chi connectivity index (χ2n) is 4.52. The van der Waals surface area contributed by atoms with Gasteiger partial charge >= 0.3 is 12.0 Å². The molecule has 2 fully saturated rings. The van der Waals surface area contributed by atoms with E-state index < -0.39 is 12.0 Å². The van der Waals surface area contributed by atoms with Crippen molar-refractivity contribution < 1.29 is 0 Å². The minimum Gasteiger partial charge on any atom is -0.126 e. The molecule has 2 aliphatic rings. The van der Waals surface area contributed by atoms with E-state index in [1.807, 2.05) is 0 Å². The third kappa shape index (κ3) is 2.78. The molecular weight excluding hydrogens is 353 g/mol. The van der Waals surface area contributed by atoms with Crippen LogP contribution in [0.4, 0.5) is 0 Å². The number of hydrogen-bond donors (Lipinski definition) is 0. The van der Waals surface area contributed by atoms with Gasteiger partial charge in [-0.15, -0.1) is 66.5 Å². The summed E-state index contributed by atoms with van der Waals surface area (Å²) in [6.07, 6.45) is 3.01. The van der Waals surface area contributed by atoms with E-state index in [4.69, 9.17) is 66.5 Å². The van der Waals surface area contributed by atoms with Crippen LogP contribution in [-0.2, 0) is 0 Å². The lowest BCUT2D eigenvalue weighted by Gasteiger charge is -2.32. The second-order valence-corrected chi connectivity index (χ2v) is 22.4. The van der Waals surface area contributed by atoms with Gasteiger partial charge < -0.3 is 0 Å². The molecule has 4 atom stereocenters. The van der Waals surface area contributed by atoms with Crippen LogP contribution in [0.5, 0.6) is 0 Å². The summed E-state index contributed by atoms with van der Waals surface area (Å²) in [6.45, 7) is 0. The van der Waals surface area contributed by atoms with E-state index in [0.29, 0.717) is 11.8 Å². The van der Waals surface area contributed by atoms with Crippen LogP contribution in [0.3, 0.4) is 0 Å². The fourth-order valence-electron chi connectivity index (χ4n) is 3.08. The summed E-state index contributed by atoms with van der Waals surface area (Å²) in [5, 5.41) is 0. The van der Waals surface area contributed by atoms with Crippen molar-refractivity contribution in [2.24, 2.45) is 11.8 Å². The molecule has 15 heavy (non-hydrogen) atoms. The maximum atomic E-state index is 6.08. The average molecular weight is 363 g/mol. The van der Waals surface area contributed by atoms with Gasteiger partial charge in [-0.25, -0.2) is 0 Å². The first-order chi connectivity index (χ1) is 6.69. The molecule has 0 unspecified atom stereocenters. The summed E-state index contributed by atoms with van der Waals surface area (Å²) in [4.78, 5) is 0. The number of rotatable bonds is 2. The smallest absolute Gasteiger partial charge is 0.126 e. The van der Waals surface area contributed by atoms with E-state index >= 15 is 0 Å². The van der Waals surface area contributed by atoms with Crippen LogP contribution in [0.15, 0.2) is 0 Å². The van der Waals surface area contributed by atoms with Gasteiger partial charge in [-0.2, -0.15) is 0 Å². The highest BCUT2D eigenvalue weighted by molar-refractivity contribution is 7.66. The first-order valence-electron chi connectivity index (χ1n) is 4.83. The fraction of sp³-hybridized carbons (Fsp3) is 1.00. The van der Waals surface area contributed by atoms with Crippen LogP contribution in [0, 0.1) is 11.8 Å². The van der Waals surface area contributed by atoms with E-state index in [2.05, 4.69) is 0 Å². The topological polar surface area (TPSA) is 0 Å². The zero-order valence-corrected chi connectivity index (χ0v) is 14.2. The Morgan fingerprint density at radius 3 is 1.13 bits per heavy atom. The molecule has 2 saturated carbocycles.